The van der Waals surface area contributed by atoms with Crippen LogP contribution in [0.25, 0.3) is 10.9 Å². The molecule has 0 bridgehead atoms. The molecule has 1 saturated heterocycles. The zero-order valence-electron chi connectivity index (χ0n) is 19.8. The molecular formula is C27H30N6O2. The van der Waals surface area contributed by atoms with Crippen LogP contribution in [0.15, 0.2) is 71.9 Å². The third-order valence-electron chi connectivity index (χ3n) is 5.83. The highest BCUT2D eigenvalue weighted by atomic mass is 16.5. The van der Waals surface area contributed by atoms with Crippen LogP contribution >= 0.6 is 0 Å². The van der Waals surface area contributed by atoms with Gasteiger partial charge in [-0.1, -0.05) is 24.3 Å². The van der Waals surface area contributed by atoms with Crippen LogP contribution in [0.2, 0.25) is 0 Å². The van der Waals surface area contributed by atoms with Crippen molar-refractivity contribution in [3.05, 3.63) is 78.0 Å². The summed E-state index contributed by atoms with van der Waals surface area (Å²) in [6, 6.07) is 15.3. The number of likely N-dealkylation sites (tertiary alicyclic amines) is 1. The number of benzene rings is 2. The lowest BCUT2D eigenvalue weighted by Crippen LogP contribution is -2.22. The molecule has 0 aliphatic carbocycles. The van der Waals surface area contributed by atoms with E-state index in [0.717, 1.165) is 36.1 Å². The number of fused-ring (bicyclic) bond motifs is 1. The number of aromatic nitrogens is 1. The first-order chi connectivity index (χ1) is 17.0. The van der Waals surface area contributed by atoms with E-state index in [0.29, 0.717) is 17.2 Å². The highest BCUT2D eigenvalue weighted by Crippen LogP contribution is 2.27. The summed E-state index contributed by atoms with van der Waals surface area (Å²) in [5.41, 5.74) is 9.07. The Balaban J connectivity index is 1.31. The van der Waals surface area contributed by atoms with Gasteiger partial charge in [-0.25, -0.2) is 4.99 Å². The average molecular weight is 471 g/mol. The molecule has 1 aromatic heterocycles. The Morgan fingerprint density at radius 3 is 2.60 bits per heavy atom. The molecule has 4 rings (SSSR count). The number of nitrogens with two attached hydrogens (primary N) is 1. The van der Waals surface area contributed by atoms with Crippen LogP contribution < -0.4 is 15.2 Å². The quantitative estimate of drug-likeness (QED) is 0.320. The van der Waals surface area contributed by atoms with Crippen LogP contribution in [-0.2, 0) is 6.54 Å². The van der Waals surface area contributed by atoms with Gasteiger partial charge in [0.1, 0.15) is 29.8 Å². The maximum Gasteiger partial charge on any atom is 0.146 e. The molecule has 2 heterocycles. The van der Waals surface area contributed by atoms with E-state index in [1.165, 1.54) is 24.5 Å². The lowest BCUT2D eigenvalue weighted by molar-refractivity contribution is 0.331. The highest BCUT2D eigenvalue weighted by Gasteiger charge is 2.11. The van der Waals surface area contributed by atoms with E-state index in [-0.39, 0.29) is 18.3 Å². The van der Waals surface area contributed by atoms with Crippen molar-refractivity contribution in [2.45, 2.75) is 19.4 Å². The van der Waals surface area contributed by atoms with Gasteiger partial charge in [0, 0.05) is 24.2 Å². The predicted molar refractivity (Wildman–Crippen MR) is 140 cm³/mol. The van der Waals surface area contributed by atoms with Crippen molar-refractivity contribution in [2.24, 2.45) is 10.7 Å². The number of pyridine rings is 1. The topological polar surface area (TPSA) is 121 Å². The molecule has 2 aromatic carbocycles. The van der Waals surface area contributed by atoms with Crippen molar-refractivity contribution >= 4 is 28.3 Å². The van der Waals surface area contributed by atoms with Crippen LogP contribution in [-0.4, -0.2) is 54.1 Å². The van der Waals surface area contributed by atoms with E-state index in [2.05, 4.69) is 27.0 Å². The van der Waals surface area contributed by atoms with E-state index in [1.807, 2.05) is 30.3 Å². The predicted octanol–water partition coefficient (Wildman–Crippen LogP) is 4.18. The summed E-state index contributed by atoms with van der Waals surface area (Å²) in [4.78, 5) is 10.8. The van der Waals surface area contributed by atoms with Crippen molar-refractivity contribution in [3.63, 3.8) is 0 Å². The van der Waals surface area contributed by atoms with Gasteiger partial charge < -0.3 is 20.6 Å². The van der Waals surface area contributed by atoms with Crippen LogP contribution in [0, 0.1) is 10.8 Å². The summed E-state index contributed by atoms with van der Waals surface area (Å²) in [6.45, 7) is 3.29. The molecule has 35 heavy (non-hydrogen) atoms. The van der Waals surface area contributed by atoms with Crippen molar-refractivity contribution in [1.29, 1.82) is 10.8 Å². The van der Waals surface area contributed by atoms with Crippen molar-refractivity contribution in [2.75, 3.05) is 26.8 Å². The number of amidine groups is 2. The second-order valence-electron chi connectivity index (χ2n) is 8.40. The molecule has 8 heteroatoms. The second kappa shape index (κ2) is 11.4. The van der Waals surface area contributed by atoms with E-state index in [1.54, 1.807) is 25.4 Å². The second-order valence-corrected chi connectivity index (χ2v) is 8.40. The Morgan fingerprint density at radius 2 is 1.86 bits per heavy atom. The molecule has 0 spiro atoms. The highest BCUT2D eigenvalue weighted by molar-refractivity contribution is 6.11. The zero-order chi connectivity index (χ0) is 24.6. The molecule has 0 amide bonds. The van der Waals surface area contributed by atoms with Crippen molar-refractivity contribution in [3.8, 4) is 11.5 Å². The Hall–Kier alpha value is -4.04. The van der Waals surface area contributed by atoms with Gasteiger partial charge in [-0.15, -0.1) is 0 Å². The lowest BCUT2D eigenvalue weighted by atomic mass is 10.1. The normalized spacial score (nSPS) is 14.5. The first kappa shape index (κ1) is 24.1. The minimum atomic E-state index is -0.0502. The van der Waals surface area contributed by atoms with Gasteiger partial charge in [0.25, 0.3) is 0 Å². The summed E-state index contributed by atoms with van der Waals surface area (Å²) >= 11 is 0. The molecule has 3 aromatic rings. The molecule has 0 atom stereocenters. The van der Waals surface area contributed by atoms with Gasteiger partial charge in [0.05, 0.1) is 18.3 Å². The largest absolute Gasteiger partial charge is 0.497 e. The molecule has 180 valence electrons. The van der Waals surface area contributed by atoms with Gasteiger partial charge >= 0.3 is 0 Å². The fraction of sp³-hybridized carbons (Fsp3) is 0.259. The number of hydrogen-bond donors (Lipinski definition) is 3. The lowest BCUT2D eigenvalue weighted by Gasteiger charge is -2.14. The number of ether oxygens (including phenoxy) is 2. The van der Waals surface area contributed by atoms with E-state index in [4.69, 9.17) is 26.0 Å². The fourth-order valence-corrected chi connectivity index (χ4v) is 3.98. The minimum absolute atomic E-state index is 0.0251. The fourth-order valence-electron chi connectivity index (χ4n) is 3.98. The third kappa shape index (κ3) is 6.51. The van der Waals surface area contributed by atoms with Crippen LogP contribution in [0.3, 0.4) is 0 Å². The summed E-state index contributed by atoms with van der Waals surface area (Å²) in [6.07, 6.45) is 7.21. The molecular weight excluding hydrogens is 440 g/mol. The van der Waals surface area contributed by atoms with Crippen LogP contribution in [0.5, 0.6) is 11.5 Å². The SMILES string of the molecule is COc1ccc2c(OCC(N)=NC(=N)/C=C\C(=N)c3ccc(CN4CCCC4)cc3)ccnc2c1. The standard InChI is InChI=1S/C27H30N6O2/c1-34-21-8-9-22-24(16-21)31-13-12-25(22)35-18-27(30)32-26(29)11-10-23(28)20-6-4-19(5-7-20)17-33-14-2-3-15-33/h4-13,16,28H,2-3,14-15,17-18H2,1H3,(H3,29,30,32)/b11-10-,28-23?. The van der Waals surface area contributed by atoms with Crippen molar-refractivity contribution in [1.82, 2.24) is 9.88 Å². The number of aliphatic imine (C=N–C) groups is 1. The summed E-state index contributed by atoms with van der Waals surface area (Å²) in [5, 5.41) is 17.2. The number of allylic oxidation sites excluding steroid dienone is 1. The summed E-state index contributed by atoms with van der Waals surface area (Å²) in [7, 11) is 1.61. The zero-order valence-corrected chi connectivity index (χ0v) is 19.8. The van der Waals surface area contributed by atoms with Crippen LogP contribution in [0.4, 0.5) is 0 Å². The Kier molecular flexibility index (Phi) is 7.84. The van der Waals surface area contributed by atoms with Crippen molar-refractivity contribution < 1.29 is 9.47 Å². The molecule has 1 aliphatic heterocycles. The molecule has 8 nitrogen and oxygen atoms in total. The summed E-state index contributed by atoms with van der Waals surface area (Å²) in [5.74, 6) is 1.45. The van der Waals surface area contributed by atoms with Gasteiger partial charge in [0.15, 0.2) is 0 Å². The van der Waals surface area contributed by atoms with E-state index >= 15 is 0 Å². The number of hydrogen-bond acceptors (Lipinski definition) is 6. The van der Waals surface area contributed by atoms with Gasteiger partial charge in [0.2, 0.25) is 0 Å². The first-order valence-corrected chi connectivity index (χ1v) is 11.6. The van der Waals surface area contributed by atoms with Gasteiger partial charge in [-0.05, 0) is 67.4 Å². The molecule has 0 saturated carbocycles. The van der Waals surface area contributed by atoms with Crippen LogP contribution in [0.1, 0.15) is 24.0 Å². The maximum absolute atomic E-state index is 8.29. The number of nitrogens with one attached hydrogen (secondary N) is 2. The third-order valence-corrected chi connectivity index (χ3v) is 5.83. The number of rotatable bonds is 9. The Labute approximate surface area is 205 Å². The Bertz CT molecular complexity index is 1260. The summed E-state index contributed by atoms with van der Waals surface area (Å²) < 4.78 is 11.0. The first-order valence-electron chi connectivity index (χ1n) is 11.6. The minimum Gasteiger partial charge on any atom is -0.497 e. The number of nitrogens with zero attached hydrogens (tertiary/aromatic N) is 3. The maximum atomic E-state index is 8.29. The smallest absolute Gasteiger partial charge is 0.146 e. The monoisotopic (exact) mass is 470 g/mol. The molecule has 1 aliphatic rings. The van der Waals surface area contributed by atoms with Gasteiger partial charge in [-0.3, -0.25) is 15.3 Å². The molecule has 4 N–H and O–H groups in total. The number of methoxy groups -OCH3 is 1. The molecule has 0 unspecified atom stereocenters. The Morgan fingerprint density at radius 1 is 1.09 bits per heavy atom. The van der Waals surface area contributed by atoms with E-state index < -0.39 is 0 Å². The van der Waals surface area contributed by atoms with E-state index in [9.17, 15) is 0 Å². The molecule has 0 radical (unpaired) electrons. The average Bonchev–Trinajstić information content (AvgIpc) is 3.39. The van der Waals surface area contributed by atoms with Gasteiger partial charge in [-0.2, -0.15) is 0 Å². The molecule has 1 fully saturated rings.